The van der Waals surface area contributed by atoms with Crippen LogP contribution in [-0.2, 0) is 9.59 Å². The molecule has 21 heavy (non-hydrogen) atoms. The van der Waals surface area contributed by atoms with Crippen LogP contribution in [-0.4, -0.2) is 33.4 Å². The highest BCUT2D eigenvalue weighted by Gasteiger charge is 3.04. The van der Waals surface area contributed by atoms with Crippen molar-refractivity contribution in [3.8, 4) is 0 Å². The third-order valence-corrected chi connectivity index (χ3v) is 8.85. The minimum Gasteiger partial charge on any atom is -0.358 e. The van der Waals surface area contributed by atoms with Gasteiger partial charge in [-0.3, -0.25) is 9.59 Å². The number of rotatable bonds is 1. The minimum atomic E-state index is -1.94. The van der Waals surface area contributed by atoms with Crippen molar-refractivity contribution in [3.05, 3.63) is 20.1 Å². The zero-order valence-electron chi connectivity index (χ0n) is 9.96. The van der Waals surface area contributed by atoms with Gasteiger partial charge in [0.25, 0.3) is 0 Å². The SMILES string of the molecule is CNC(=O)[C@@]1(Cl)C23C(=O)C(Cl)=C(Cl)[C@]2(Cl)C(Cl)=C(Cl)[C@]31Cl. The molecule has 3 rings (SSSR count). The third-order valence-electron chi connectivity index (χ3n) is 4.34. The fourth-order valence-corrected chi connectivity index (χ4v) is 7.04. The van der Waals surface area contributed by atoms with E-state index in [2.05, 4.69) is 5.32 Å². The molecule has 1 saturated carbocycles. The van der Waals surface area contributed by atoms with Gasteiger partial charge in [-0.15, -0.1) is 34.8 Å². The van der Waals surface area contributed by atoms with Crippen LogP contribution >= 0.6 is 81.2 Å². The Hall–Kier alpha value is 0.650. The Labute approximate surface area is 154 Å². The molecule has 0 aromatic rings. The van der Waals surface area contributed by atoms with Crippen molar-refractivity contribution < 1.29 is 9.59 Å². The number of carbonyl (C=O) groups excluding carboxylic acids is 2. The first kappa shape index (κ1) is 16.5. The van der Waals surface area contributed by atoms with Crippen LogP contribution in [0.1, 0.15) is 0 Å². The standard InChI is InChI=1S/C11H4Cl7NO2/c1-19-7(21)11(18)9-6(20)2(12)3(13)8(9,16)4(14)5(15)10(9,11)17/h1H3,(H,19,21)/t8-,9?,10-,11+/m0/s1. The van der Waals surface area contributed by atoms with E-state index in [1.54, 1.807) is 0 Å². The Morgan fingerprint density at radius 2 is 1.52 bits per heavy atom. The predicted molar refractivity (Wildman–Crippen MR) is 84.7 cm³/mol. The molecule has 0 aliphatic heterocycles. The van der Waals surface area contributed by atoms with Gasteiger partial charge < -0.3 is 5.32 Å². The summed E-state index contributed by atoms with van der Waals surface area (Å²) in [5.41, 5.74) is -1.86. The van der Waals surface area contributed by atoms with Crippen molar-refractivity contribution in [1.29, 1.82) is 0 Å². The van der Waals surface area contributed by atoms with E-state index in [1.165, 1.54) is 7.05 Å². The van der Waals surface area contributed by atoms with E-state index in [4.69, 9.17) is 81.2 Å². The van der Waals surface area contributed by atoms with E-state index in [0.717, 1.165) is 0 Å². The van der Waals surface area contributed by atoms with Gasteiger partial charge >= 0.3 is 0 Å². The zero-order chi connectivity index (χ0) is 16.2. The molecule has 0 bridgehead atoms. The normalized spacial score (nSPS) is 47.7. The van der Waals surface area contributed by atoms with Crippen molar-refractivity contribution in [1.82, 2.24) is 5.32 Å². The lowest BCUT2D eigenvalue weighted by Crippen LogP contribution is -2.45. The summed E-state index contributed by atoms with van der Waals surface area (Å²) in [6, 6.07) is 0. The van der Waals surface area contributed by atoms with Gasteiger partial charge in [-0.2, -0.15) is 0 Å². The van der Waals surface area contributed by atoms with Crippen LogP contribution in [0, 0.1) is 5.41 Å². The molecule has 1 fully saturated rings. The molecule has 1 N–H and O–H groups in total. The smallest absolute Gasteiger partial charge is 0.244 e. The predicted octanol–water partition coefficient (Wildman–Crippen LogP) is 3.64. The lowest BCUT2D eigenvalue weighted by molar-refractivity contribution is -0.125. The van der Waals surface area contributed by atoms with E-state index >= 15 is 0 Å². The first-order chi connectivity index (χ1) is 9.52. The van der Waals surface area contributed by atoms with Crippen molar-refractivity contribution in [2.24, 2.45) is 5.41 Å². The number of amides is 1. The molecule has 0 heterocycles. The van der Waals surface area contributed by atoms with Crippen LogP contribution in [0.3, 0.4) is 0 Å². The maximum atomic E-state index is 12.6. The van der Waals surface area contributed by atoms with Gasteiger partial charge in [0.15, 0.2) is 10.7 Å². The molecule has 1 amide bonds. The zero-order valence-corrected chi connectivity index (χ0v) is 15.3. The highest BCUT2D eigenvalue weighted by atomic mass is 35.5. The Kier molecular flexibility index (Phi) is 3.29. The second kappa shape index (κ2) is 4.18. The molecule has 4 atom stereocenters. The van der Waals surface area contributed by atoms with Crippen LogP contribution in [0.5, 0.6) is 0 Å². The number of carbonyl (C=O) groups is 2. The van der Waals surface area contributed by atoms with E-state index in [1.807, 2.05) is 0 Å². The van der Waals surface area contributed by atoms with Gasteiger partial charge in [-0.05, 0) is 0 Å². The Morgan fingerprint density at radius 1 is 1.00 bits per heavy atom. The van der Waals surface area contributed by atoms with Crippen molar-refractivity contribution in [2.45, 2.75) is 14.6 Å². The van der Waals surface area contributed by atoms with Crippen molar-refractivity contribution >= 4 is 92.9 Å². The summed E-state index contributed by atoms with van der Waals surface area (Å²) in [6.45, 7) is 0. The maximum absolute atomic E-state index is 12.6. The molecule has 1 unspecified atom stereocenters. The molecule has 0 saturated heterocycles. The average Bonchev–Trinajstić information content (AvgIpc) is 2.83. The summed E-state index contributed by atoms with van der Waals surface area (Å²) in [7, 11) is 1.34. The fourth-order valence-electron chi connectivity index (χ4n) is 3.39. The summed E-state index contributed by atoms with van der Waals surface area (Å²) in [6.07, 6.45) is 0. The Morgan fingerprint density at radius 3 is 2.00 bits per heavy atom. The van der Waals surface area contributed by atoms with Crippen molar-refractivity contribution in [3.63, 3.8) is 0 Å². The van der Waals surface area contributed by atoms with E-state index in [9.17, 15) is 9.59 Å². The van der Waals surface area contributed by atoms with Gasteiger partial charge in [0.05, 0.1) is 15.1 Å². The van der Waals surface area contributed by atoms with Gasteiger partial charge in [-0.1, -0.05) is 46.4 Å². The summed E-state index contributed by atoms with van der Waals surface area (Å²) in [4.78, 5) is 19.3. The van der Waals surface area contributed by atoms with E-state index in [-0.39, 0.29) is 20.1 Å². The summed E-state index contributed by atoms with van der Waals surface area (Å²) in [5, 5.41) is 1.40. The second-order valence-corrected chi connectivity index (χ2v) is 8.10. The fraction of sp³-hybridized carbons (Fsp3) is 0.455. The molecule has 10 heteroatoms. The maximum Gasteiger partial charge on any atom is 0.244 e. The number of ketones is 1. The number of allylic oxidation sites excluding steroid dienone is 4. The highest BCUT2D eigenvalue weighted by Crippen LogP contribution is 2.90. The largest absolute Gasteiger partial charge is 0.358 e. The lowest BCUT2D eigenvalue weighted by Gasteiger charge is -2.28. The molecule has 0 radical (unpaired) electrons. The van der Waals surface area contributed by atoms with Crippen LogP contribution < -0.4 is 5.32 Å². The summed E-state index contributed by atoms with van der Waals surface area (Å²) >= 11 is 43.6. The molecule has 3 nitrogen and oxygen atoms in total. The van der Waals surface area contributed by atoms with Gasteiger partial charge in [0.2, 0.25) is 5.91 Å². The first-order valence-electron chi connectivity index (χ1n) is 5.48. The van der Waals surface area contributed by atoms with Crippen LogP contribution in [0.2, 0.25) is 0 Å². The van der Waals surface area contributed by atoms with Gasteiger partial charge in [-0.25, -0.2) is 0 Å². The number of hydrogen-bond donors (Lipinski definition) is 1. The summed E-state index contributed by atoms with van der Waals surface area (Å²) < 4.78 is 0. The Bertz CT molecular complexity index is 703. The molecule has 114 valence electrons. The molecule has 0 aromatic carbocycles. The molecule has 3 aliphatic rings. The van der Waals surface area contributed by atoms with Crippen LogP contribution in [0.15, 0.2) is 20.1 Å². The quantitative estimate of drug-likeness (QED) is 0.646. The van der Waals surface area contributed by atoms with Gasteiger partial charge in [0.1, 0.15) is 20.2 Å². The van der Waals surface area contributed by atoms with E-state index < -0.39 is 31.7 Å². The van der Waals surface area contributed by atoms with Crippen molar-refractivity contribution in [2.75, 3.05) is 7.05 Å². The average molecular weight is 430 g/mol. The molecule has 1 spiro atoms. The molecule has 3 aliphatic carbocycles. The number of halogens is 7. The number of hydrogen-bond acceptors (Lipinski definition) is 2. The summed E-state index contributed by atoms with van der Waals surface area (Å²) in [5.74, 6) is -1.48. The van der Waals surface area contributed by atoms with E-state index in [0.29, 0.717) is 0 Å². The second-order valence-electron chi connectivity index (χ2n) is 4.89. The lowest BCUT2D eigenvalue weighted by atomic mass is 9.88. The monoisotopic (exact) mass is 427 g/mol. The molecule has 0 aromatic heterocycles. The minimum absolute atomic E-state index is 0.157. The Balaban J connectivity index is 2.41. The first-order valence-corrected chi connectivity index (χ1v) is 8.13. The molecular formula is C11H4Cl7NO2. The highest BCUT2D eigenvalue weighted by molar-refractivity contribution is 6.69. The molecular weight excluding hydrogens is 426 g/mol. The third kappa shape index (κ3) is 1.16. The number of nitrogens with one attached hydrogen (secondary N) is 1. The van der Waals surface area contributed by atoms with Gasteiger partial charge in [0, 0.05) is 7.05 Å². The number of Topliss-reactive ketones (excluding diaryl/α,β-unsaturated/α-hetero) is 1. The van der Waals surface area contributed by atoms with Crippen LogP contribution in [0.25, 0.3) is 0 Å². The number of alkyl halides is 3. The van der Waals surface area contributed by atoms with Crippen LogP contribution in [0.4, 0.5) is 0 Å². The topological polar surface area (TPSA) is 46.2 Å².